The van der Waals surface area contributed by atoms with Crippen molar-refractivity contribution in [3.63, 3.8) is 0 Å². The van der Waals surface area contributed by atoms with Gasteiger partial charge in [0, 0.05) is 148 Å². The third-order valence-corrected chi connectivity index (χ3v) is 20.9. The molecule has 0 spiro atoms. The van der Waals surface area contributed by atoms with Crippen LogP contribution >= 0.6 is 34.2 Å². The topological polar surface area (TPSA) is 314 Å². The van der Waals surface area contributed by atoms with Gasteiger partial charge in [0.2, 0.25) is 11.6 Å². The van der Waals surface area contributed by atoms with Crippen molar-refractivity contribution in [3.8, 4) is 79.3 Å². The summed E-state index contributed by atoms with van der Waals surface area (Å²) in [6.45, 7) is 32.3. The second-order valence-corrected chi connectivity index (χ2v) is 30.3. The summed E-state index contributed by atoms with van der Waals surface area (Å²) in [7, 11) is 0. The van der Waals surface area contributed by atoms with Gasteiger partial charge < -0.3 is 27.7 Å². The maximum Gasteiger partial charge on any atom is 0.371 e. The van der Waals surface area contributed by atoms with Crippen molar-refractivity contribution in [2.24, 2.45) is 0 Å². The number of pyridine rings is 4. The monoisotopic (exact) mass is 2520 g/mol. The fourth-order valence-electron chi connectivity index (χ4n) is 13.4. The number of hydrogen-bond acceptors (Lipinski definition) is 25. The summed E-state index contributed by atoms with van der Waals surface area (Å²) >= 11 is 4.83. The van der Waals surface area contributed by atoms with E-state index < -0.39 is 6.14 Å². The predicted molar refractivity (Wildman–Crippen MR) is 427 cm³/mol. The smallest absolute Gasteiger partial charge is 0.371 e. The van der Waals surface area contributed by atoms with E-state index in [1.165, 1.54) is 51.6 Å². The normalized spacial score (nSPS) is 10.9. The molecular formula is C83H69FIr5N22O4S3-4. The van der Waals surface area contributed by atoms with E-state index in [2.05, 4.69) is 217 Å². The summed E-state index contributed by atoms with van der Waals surface area (Å²) in [5.41, 5.74) is 21.3. The van der Waals surface area contributed by atoms with Gasteiger partial charge in [-0.15, -0.1) is 78.1 Å². The zero-order valence-electron chi connectivity index (χ0n) is 65.9. The first kappa shape index (κ1) is 90.3. The number of aryl methyl sites for hydroxylation is 12. The van der Waals surface area contributed by atoms with Crippen LogP contribution in [0, 0.1) is 131 Å². The zero-order valence-corrected chi connectivity index (χ0v) is 80.3. The van der Waals surface area contributed by atoms with E-state index in [0.717, 1.165) is 104 Å². The summed E-state index contributed by atoms with van der Waals surface area (Å²) in [5.74, 6) is 5.30. The third-order valence-electron chi connectivity index (χ3n) is 18.1. The first-order valence-corrected chi connectivity index (χ1v) is 38.1. The minimum atomic E-state index is -0.911. The van der Waals surface area contributed by atoms with Crippen molar-refractivity contribution in [2.45, 2.75) is 123 Å². The molecule has 5 aromatic carbocycles. The molecule has 14 aromatic heterocycles. The van der Waals surface area contributed by atoms with Gasteiger partial charge in [-0.3, -0.25) is 44.3 Å². The van der Waals surface area contributed by atoms with Gasteiger partial charge in [-0.2, -0.15) is 25.5 Å². The SMILES string of the molecule is Cc1cc(C)c(-n2nc(C#N)nc2-c2[c-]cnc3oc(C)nc23)c(C)c1.Cc1nc(-c2[c-]ncc3oc(F)nc23)n(-c2c(C(C)C)cccc2C(C)C)n1.Cc1nc2c(-c3nc4cccc[n+]4n3-c3c(C)cccc3C)[c-]ccc2s1.Cc1nc2c(-c3ncno3)[c-]ncc2o1.Cc1nsc(-c2[c-]cc(C)c3sc(C)nc23)n1.[Ir].[Ir].[Ir].[Ir].[Ir]. The second kappa shape index (κ2) is 38.4. The molecule has 0 aliphatic heterocycles. The van der Waals surface area contributed by atoms with Crippen LogP contribution in [-0.4, -0.2) is 98.6 Å². The Labute approximate surface area is 756 Å². The van der Waals surface area contributed by atoms with Crippen LogP contribution in [0.15, 0.2) is 134 Å². The Morgan fingerprint density at radius 2 is 1.17 bits per heavy atom. The molecule has 14 heterocycles. The van der Waals surface area contributed by atoms with Crippen molar-refractivity contribution in [1.29, 1.82) is 5.26 Å². The summed E-state index contributed by atoms with van der Waals surface area (Å²) in [4.78, 5) is 56.2. The van der Waals surface area contributed by atoms with Crippen LogP contribution in [0.2, 0.25) is 0 Å². The molecule has 0 saturated carbocycles. The molecule has 19 aromatic rings. The van der Waals surface area contributed by atoms with E-state index in [0.29, 0.717) is 79.7 Å². The Balaban J connectivity index is 0.000000156. The first-order chi connectivity index (χ1) is 54.5. The Morgan fingerprint density at radius 3 is 1.85 bits per heavy atom. The number of benzene rings is 5. The van der Waals surface area contributed by atoms with Gasteiger partial charge in [0.15, 0.2) is 23.4 Å². The number of nitriles is 1. The number of oxazole rings is 3. The van der Waals surface area contributed by atoms with Crippen molar-refractivity contribution in [2.75, 3.05) is 0 Å². The van der Waals surface area contributed by atoms with E-state index in [1.54, 1.807) is 52.1 Å². The molecule has 0 saturated heterocycles. The molecule has 26 nitrogen and oxygen atoms in total. The fourth-order valence-corrected chi connectivity index (χ4v) is 15.8. The molecule has 0 fully saturated rings. The van der Waals surface area contributed by atoms with E-state index in [9.17, 15) is 9.65 Å². The van der Waals surface area contributed by atoms with Crippen molar-refractivity contribution < 1.29 is 127 Å². The minimum absolute atomic E-state index is 0. The summed E-state index contributed by atoms with van der Waals surface area (Å²) in [5, 5.41) is 24.9. The largest absolute Gasteiger partial charge is 0.460 e. The van der Waals surface area contributed by atoms with E-state index >= 15 is 0 Å². The van der Waals surface area contributed by atoms with Gasteiger partial charge in [-0.05, 0) is 160 Å². The number of halogens is 1. The van der Waals surface area contributed by atoms with Crippen molar-refractivity contribution in [3.05, 3.63) is 237 Å². The first-order valence-electron chi connectivity index (χ1n) is 35.7. The number of thiazole rings is 2. The molecule has 19 rings (SSSR count). The molecule has 5 radical (unpaired) electrons. The van der Waals surface area contributed by atoms with E-state index in [-0.39, 0.29) is 124 Å². The van der Waals surface area contributed by atoms with Gasteiger partial charge in [0.05, 0.1) is 54.9 Å². The zero-order chi connectivity index (χ0) is 79.2. The average molecular weight is 2510 g/mol. The number of hydrogen-bond donors (Lipinski definition) is 0. The Hall–Kier alpha value is -9.99. The van der Waals surface area contributed by atoms with Gasteiger partial charge in [0.1, 0.15) is 30.2 Å². The maximum atomic E-state index is 13.6. The van der Waals surface area contributed by atoms with Gasteiger partial charge >= 0.3 is 11.8 Å². The van der Waals surface area contributed by atoms with Crippen LogP contribution in [0.3, 0.4) is 0 Å². The molecule has 0 atom stereocenters. The van der Waals surface area contributed by atoms with Crippen molar-refractivity contribution in [1.82, 2.24) is 98.6 Å². The van der Waals surface area contributed by atoms with Crippen LogP contribution in [0.25, 0.3) is 133 Å². The van der Waals surface area contributed by atoms with Crippen LogP contribution in [0.1, 0.15) is 123 Å². The molecular weight excluding hydrogens is 2450 g/mol. The molecule has 609 valence electrons. The number of fused-ring (bicyclic) bond motifs is 6. The standard InChI is InChI=1S/C22H18N4S.C21H21FN5O.C19H15N6O.C12H10N3S2.C9H5N4O2.5Ir/c1-14-8-6-9-15(2)21(14)26-22(24-19-12-4-5-13-25(19)26)17-10-7-11-18-20(17)23-16(3)27-18;1-11(2)14-7-6-8-15(12(3)4)19(14)27-20(24-13(5)26-27)16-9-23-10-17-18(16)25-21(22)28-17;1-10-7-11(2)17(12(3)8-10)25-18(23-15(9-20)24-25)14-5-6-21-19-16(14)22-13(4)26-19;1-6-4-5-9(12-13-7(2)15-17-12)10-11(6)16-8(3)14-10;1-5-13-8-6(9-11-4-12-15-9)2-10-3-7(8)14-5;;;;;/h4-9,11-13H,1-3H3;6-8,10-12H,1-5H3;6-8H,1-4H3;4H,1-3H3;3-4H,1H3;;;;;/q;4*-1;;;;;. The number of para-hydroxylation sites is 2. The van der Waals surface area contributed by atoms with Crippen LogP contribution in [-0.2, 0) is 101 Å². The van der Waals surface area contributed by atoms with E-state index in [4.69, 9.17) is 27.7 Å². The molecule has 118 heavy (non-hydrogen) atoms. The third kappa shape index (κ3) is 18.4. The molecule has 0 bridgehead atoms. The molecule has 0 amide bonds. The molecule has 0 unspecified atom stereocenters. The Morgan fingerprint density at radius 1 is 0.534 bits per heavy atom. The molecule has 35 heteroatoms. The van der Waals surface area contributed by atoms with E-state index in [1.807, 2.05) is 91.1 Å². The molecule has 0 aliphatic carbocycles. The van der Waals surface area contributed by atoms with Crippen LogP contribution < -0.4 is 4.52 Å². The Kier molecular flexibility index (Phi) is 29.4. The van der Waals surface area contributed by atoms with Gasteiger partial charge in [-0.1, -0.05) is 133 Å². The van der Waals surface area contributed by atoms with Gasteiger partial charge in [-0.25, -0.2) is 15.0 Å². The van der Waals surface area contributed by atoms with Crippen molar-refractivity contribution >= 4 is 93.7 Å². The minimum Gasteiger partial charge on any atom is -0.460 e. The number of rotatable bonds is 10. The van der Waals surface area contributed by atoms with Gasteiger partial charge in [0.25, 0.3) is 0 Å². The second-order valence-electron chi connectivity index (χ2n) is 27.1. The predicted octanol–water partition coefficient (Wildman–Crippen LogP) is 17.9. The average Bonchev–Trinajstić information content (AvgIpc) is 1.59. The summed E-state index contributed by atoms with van der Waals surface area (Å²) in [6.07, 6.45) is 12.6. The molecule has 0 N–H and O–H groups in total. The number of nitrogens with zero attached hydrogens (tertiary/aromatic N) is 22. The summed E-state index contributed by atoms with van der Waals surface area (Å²) in [6, 6.07) is 40.7. The van der Waals surface area contributed by atoms with Crippen LogP contribution in [0.5, 0.6) is 0 Å². The quantitative estimate of drug-likeness (QED) is 0.0907. The van der Waals surface area contributed by atoms with Crippen LogP contribution in [0.4, 0.5) is 4.39 Å². The fraction of sp³-hybridized carbons (Fsp3) is 0.217. The number of aromatic nitrogens is 21. The Bertz CT molecular complexity index is 6790. The molecule has 0 aliphatic rings. The maximum absolute atomic E-state index is 13.6. The summed E-state index contributed by atoms with van der Waals surface area (Å²) < 4.78 is 48.7.